The number of halogens is 5. The van der Waals surface area contributed by atoms with Crippen molar-refractivity contribution in [3.8, 4) is 0 Å². The third-order valence-corrected chi connectivity index (χ3v) is 3.32. The fourth-order valence-electron chi connectivity index (χ4n) is 2.04. The van der Waals surface area contributed by atoms with Crippen molar-refractivity contribution in [2.24, 2.45) is 5.92 Å². The maximum absolute atomic E-state index is 13.6. The first kappa shape index (κ1) is 22.5. The molecule has 0 saturated carbocycles. The SMILES string of the molecule is CCCCCC(C(O)COCCOCCO)C(F)(F)C(F)(F)F. The molecule has 9 heteroatoms. The Morgan fingerprint density at radius 1 is 0.957 bits per heavy atom. The molecule has 2 atom stereocenters. The van der Waals surface area contributed by atoms with E-state index in [4.69, 9.17) is 14.6 Å². The van der Waals surface area contributed by atoms with Crippen LogP contribution in [0.1, 0.15) is 32.6 Å². The van der Waals surface area contributed by atoms with Crippen LogP contribution in [0.2, 0.25) is 0 Å². The van der Waals surface area contributed by atoms with E-state index in [9.17, 15) is 27.1 Å². The number of ether oxygens (including phenoxy) is 2. The van der Waals surface area contributed by atoms with E-state index in [-0.39, 0.29) is 32.8 Å². The van der Waals surface area contributed by atoms with Gasteiger partial charge in [-0.2, -0.15) is 22.0 Å². The molecule has 0 saturated heterocycles. The normalized spacial score (nSPS) is 15.7. The summed E-state index contributed by atoms with van der Waals surface area (Å²) in [5, 5.41) is 18.2. The Kier molecular flexibility index (Phi) is 10.9. The molecule has 2 N–H and O–H groups in total. The van der Waals surface area contributed by atoms with Gasteiger partial charge >= 0.3 is 12.1 Å². The van der Waals surface area contributed by atoms with E-state index in [0.29, 0.717) is 12.8 Å². The summed E-state index contributed by atoms with van der Waals surface area (Å²) in [5.74, 6) is -7.22. The highest BCUT2D eigenvalue weighted by molar-refractivity contribution is 4.88. The van der Waals surface area contributed by atoms with Crippen molar-refractivity contribution >= 4 is 0 Å². The van der Waals surface area contributed by atoms with Crippen molar-refractivity contribution in [3.63, 3.8) is 0 Å². The minimum atomic E-state index is -5.71. The van der Waals surface area contributed by atoms with Crippen LogP contribution < -0.4 is 0 Å². The molecule has 0 spiro atoms. The van der Waals surface area contributed by atoms with Gasteiger partial charge in [0.2, 0.25) is 0 Å². The molecule has 0 bridgehead atoms. The smallest absolute Gasteiger partial charge is 0.394 e. The van der Waals surface area contributed by atoms with Crippen LogP contribution in [0.15, 0.2) is 0 Å². The minimum Gasteiger partial charge on any atom is -0.394 e. The van der Waals surface area contributed by atoms with Crippen molar-refractivity contribution in [1.29, 1.82) is 0 Å². The summed E-state index contributed by atoms with van der Waals surface area (Å²) < 4.78 is 74.4. The van der Waals surface area contributed by atoms with Gasteiger partial charge in [0.25, 0.3) is 0 Å². The van der Waals surface area contributed by atoms with Crippen LogP contribution in [0.4, 0.5) is 22.0 Å². The highest BCUT2D eigenvalue weighted by atomic mass is 19.4. The van der Waals surface area contributed by atoms with Gasteiger partial charge in [-0.05, 0) is 6.42 Å². The first-order valence-electron chi connectivity index (χ1n) is 7.57. The Morgan fingerprint density at radius 2 is 1.57 bits per heavy atom. The fraction of sp³-hybridized carbons (Fsp3) is 1.00. The number of hydrogen-bond acceptors (Lipinski definition) is 4. The average Bonchev–Trinajstić information content (AvgIpc) is 2.45. The van der Waals surface area contributed by atoms with E-state index in [1.807, 2.05) is 0 Å². The summed E-state index contributed by atoms with van der Waals surface area (Å²) in [4.78, 5) is 0. The summed E-state index contributed by atoms with van der Waals surface area (Å²) in [5.41, 5.74) is 0. The van der Waals surface area contributed by atoms with Crippen LogP contribution in [-0.4, -0.2) is 61.5 Å². The zero-order valence-corrected chi connectivity index (χ0v) is 13.1. The van der Waals surface area contributed by atoms with Gasteiger partial charge in [-0.15, -0.1) is 0 Å². The molecule has 23 heavy (non-hydrogen) atoms. The Hall–Kier alpha value is -0.510. The Labute approximate surface area is 132 Å². The van der Waals surface area contributed by atoms with Crippen LogP contribution in [0.3, 0.4) is 0 Å². The maximum Gasteiger partial charge on any atom is 0.453 e. The van der Waals surface area contributed by atoms with Crippen molar-refractivity contribution < 1.29 is 41.6 Å². The van der Waals surface area contributed by atoms with Gasteiger partial charge in [0.05, 0.1) is 45.1 Å². The highest BCUT2D eigenvalue weighted by Gasteiger charge is 2.63. The zero-order chi connectivity index (χ0) is 17.9. The monoisotopic (exact) mass is 352 g/mol. The van der Waals surface area contributed by atoms with E-state index < -0.39 is 37.1 Å². The Balaban J connectivity index is 4.54. The molecule has 0 rings (SSSR count). The third kappa shape index (κ3) is 8.23. The lowest BCUT2D eigenvalue weighted by atomic mass is 9.89. The second-order valence-corrected chi connectivity index (χ2v) is 5.20. The van der Waals surface area contributed by atoms with Crippen LogP contribution in [0.25, 0.3) is 0 Å². The second-order valence-electron chi connectivity index (χ2n) is 5.20. The molecule has 0 aliphatic carbocycles. The van der Waals surface area contributed by atoms with E-state index in [2.05, 4.69) is 0 Å². The molecule has 140 valence electrons. The average molecular weight is 352 g/mol. The lowest BCUT2D eigenvalue weighted by molar-refractivity contribution is -0.314. The van der Waals surface area contributed by atoms with Gasteiger partial charge in [0.1, 0.15) is 0 Å². The molecule has 0 aromatic carbocycles. The summed E-state index contributed by atoms with van der Waals surface area (Å²) in [6, 6.07) is 0. The van der Waals surface area contributed by atoms with Crippen molar-refractivity contribution in [1.82, 2.24) is 0 Å². The lowest BCUT2D eigenvalue weighted by Crippen LogP contribution is -2.49. The van der Waals surface area contributed by atoms with E-state index in [1.54, 1.807) is 6.92 Å². The van der Waals surface area contributed by atoms with Gasteiger partial charge in [0.15, 0.2) is 0 Å². The molecule has 2 unspecified atom stereocenters. The Morgan fingerprint density at radius 3 is 2.09 bits per heavy atom. The summed E-state index contributed by atoms with van der Waals surface area (Å²) in [6.07, 6.45) is -6.74. The van der Waals surface area contributed by atoms with Crippen LogP contribution in [0.5, 0.6) is 0 Å². The van der Waals surface area contributed by atoms with Gasteiger partial charge in [-0.3, -0.25) is 0 Å². The molecule has 0 aromatic rings. The lowest BCUT2D eigenvalue weighted by Gasteiger charge is -2.32. The van der Waals surface area contributed by atoms with Crippen LogP contribution in [0, 0.1) is 5.92 Å². The number of aliphatic hydroxyl groups is 2. The minimum absolute atomic E-state index is 0.0451. The molecule has 4 nitrogen and oxygen atoms in total. The van der Waals surface area contributed by atoms with Crippen molar-refractivity contribution in [3.05, 3.63) is 0 Å². The van der Waals surface area contributed by atoms with Gasteiger partial charge in [-0.25, -0.2) is 0 Å². The number of alkyl halides is 5. The quantitative estimate of drug-likeness (QED) is 0.395. The van der Waals surface area contributed by atoms with E-state index >= 15 is 0 Å². The maximum atomic E-state index is 13.6. The molecule has 0 amide bonds. The number of aliphatic hydroxyl groups excluding tert-OH is 2. The first-order valence-corrected chi connectivity index (χ1v) is 7.57. The predicted octanol–water partition coefficient (Wildman–Crippen LogP) is 2.77. The van der Waals surface area contributed by atoms with E-state index in [0.717, 1.165) is 0 Å². The molecule has 0 aliphatic rings. The van der Waals surface area contributed by atoms with Gasteiger partial charge in [-0.1, -0.05) is 26.2 Å². The largest absolute Gasteiger partial charge is 0.453 e. The summed E-state index contributed by atoms with van der Waals surface area (Å²) >= 11 is 0. The van der Waals surface area contributed by atoms with Gasteiger partial charge < -0.3 is 19.7 Å². The second kappa shape index (κ2) is 11.1. The number of unbranched alkanes of at least 4 members (excludes halogenated alkanes) is 2. The number of hydrogen-bond donors (Lipinski definition) is 2. The predicted molar refractivity (Wildman–Crippen MR) is 73.4 cm³/mol. The van der Waals surface area contributed by atoms with E-state index in [1.165, 1.54) is 0 Å². The molecule has 0 fully saturated rings. The van der Waals surface area contributed by atoms with Gasteiger partial charge in [0, 0.05) is 0 Å². The Bertz CT molecular complexity index is 299. The highest BCUT2D eigenvalue weighted by Crippen LogP contribution is 2.44. The molecule has 0 heterocycles. The zero-order valence-electron chi connectivity index (χ0n) is 13.1. The molecular formula is C14H25F5O4. The summed E-state index contributed by atoms with van der Waals surface area (Å²) in [7, 11) is 0. The van der Waals surface area contributed by atoms with Crippen LogP contribution in [-0.2, 0) is 9.47 Å². The summed E-state index contributed by atoms with van der Waals surface area (Å²) in [6.45, 7) is 1.01. The molecule has 0 aliphatic heterocycles. The van der Waals surface area contributed by atoms with Crippen molar-refractivity contribution in [2.75, 3.05) is 33.0 Å². The third-order valence-electron chi connectivity index (χ3n) is 3.32. The standard InChI is InChI=1S/C14H25F5O4/c1-2-3-4-5-11(13(15,16)14(17,18)19)12(21)10-23-9-8-22-7-6-20/h11-12,20-21H,2-10H2,1H3. The fourth-order valence-corrected chi connectivity index (χ4v) is 2.04. The molecule has 0 radical (unpaired) electrons. The molecular weight excluding hydrogens is 327 g/mol. The molecule has 0 aromatic heterocycles. The number of rotatable bonds is 13. The first-order chi connectivity index (χ1) is 10.7. The van der Waals surface area contributed by atoms with Crippen LogP contribution >= 0.6 is 0 Å². The van der Waals surface area contributed by atoms with Crippen molar-refractivity contribution in [2.45, 2.75) is 50.8 Å². The topological polar surface area (TPSA) is 58.9 Å².